The van der Waals surface area contributed by atoms with E-state index in [2.05, 4.69) is 14.2 Å². The summed E-state index contributed by atoms with van der Waals surface area (Å²) in [7, 11) is -2.24. The molecule has 0 amide bonds. The Morgan fingerprint density at radius 2 is 1.62 bits per heavy atom. The Balaban J connectivity index is 1.78. The van der Waals surface area contributed by atoms with Gasteiger partial charge < -0.3 is 0 Å². The molecule has 142 valence electrons. The molecule has 0 N–H and O–H groups in total. The van der Waals surface area contributed by atoms with Gasteiger partial charge in [0.15, 0.2) is 0 Å². The third-order valence-corrected chi connectivity index (χ3v) is 7.73. The highest BCUT2D eigenvalue weighted by Gasteiger charge is 2.19. The fraction of sp³-hybridized carbons (Fsp3) is 0.444. The highest BCUT2D eigenvalue weighted by molar-refractivity contribution is 8.04. The number of nitrogens with zero attached hydrogens (tertiary/aromatic N) is 2. The van der Waals surface area contributed by atoms with Crippen LogP contribution in [-0.4, -0.2) is 53.8 Å². The molecule has 0 bridgehead atoms. The number of pyridine rings is 2. The zero-order chi connectivity index (χ0) is 18.7. The minimum atomic E-state index is -3.47. The third kappa shape index (κ3) is 8.53. The molecule has 0 aromatic carbocycles. The van der Waals surface area contributed by atoms with E-state index >= 15 is 0 Å². The van der Waals surface area contributed by atoms with Crippen LogP contribution in [-0.2, 0) is 27.1 Å². The van der Waals surface area contributed by atoms with Crippen molar-refractivity contribution in [2.45, 2.75) is 18.1 Å². The summed E-state index contributed by atoms with van der Waals surface area (Å²) in [6, 6.07) is 11.7. The van der Waals surface area contributed by atoms with E-state index in [-0.39, 0.29) is 11.0 Å². The highest BCUT2D eigenvalue weighted by Crippen LogP contribution is 2.21. The Hall–Kier alpha value is -1.09. The molecule has 0 radical (unpaired) electrons. The van der Waals surface area contributed by atoms with Gasteiger partial charge in [-0.25, -0.2) is 0 Å². The summed E-state index contributed by atoms with van der Waals surface area (Å²) in [4.78, 5) is 8.62. The van der Waals surface area contributed by atoms with Crippen LogP contribution in [0.3, 0.4) is 0 Å². The molecule has 0 saturated heterocycles. The van der Waals surface area contributed by atoms with E-state index in [0.29, 0.717) is 0 Å². The molecule has 0 spiro atoms. The first-order valence-corrected chi connectivity index (χ1v) is 12.1. The second-order valence-electron chi connectivity index (χ2n) is 5.60. The quantitative estimate of drug-likeness (QED) is 0.392. The Morgan fingerprint density at radius 3 is 2.15 bits per heavy atom. The molecule has 0 fully saturated rings. The fourth-order valence-corrected chi connectivity index (χ4v) is 6.23. The average molecular weight is 413 g/mol. The van der Waals surface area contributed by atoms with E-state index in [4.69, 9.17) is 0 Å². The molecule has 2 aromatic rings. The standard InChI is InChI=1S/C18H24N2O3S3/c1-23-26(21,22)15-18(25-13-9-17-7-3-5-11-20-17)14-24-12-8-16-6-2-4-10-19-16/h2-7,10-11,18H,8-9,12-15H2,1H3. The van der Waals surface area contributed by atoms with Crippen LogP contribution in [0.15, 0.2) is 48.8 Å². The predicted octanol–water partition coefficient (Wildman–Crippen LogP) is 3.07. The molecule has 0 aliphatic carbocycles. The second kappa shape index (κ2) is 11.6. The van der Waals surface area contributed by atoms with Crippen LogP contribution >= 0.6 is 23.5 Å². The van der Waals surface area contributed by atoms with Gasteiger partial charge in [0.2, 0.25) is 0 Å². The molecule has 2 rings (SSSR count). The van der Waals surface area contributed by atoms with Crippen LogP contribution in [0.1, 0.15) is 11.4 Å². The lowest BCUT2D eigenvalue weighted by atomic mass is 10.3. The van der Waals surface area contributed by atoms with Crippen molar-refractivity contribution in [1.82, 2.24) is 9.97 Å². The van der Waals surface area contributed by atoms with Gasteiger partial charge in [0.05, 0.1) is 12.9 Å². The SMILES string of the molecule is COS(=O)(=O)CC(CSCCc1ccccn1)SCCc1ccccn1. The number of hydrogen-bond acceptors (Lipinski definition) is 7. The van der Waals surface area contributed by atoms with Crippen molar-refractivity contribution in [3.63, 3.8) is 0 Å². The van der Waals surface area contributed by atoms with E-state index in [0.717, 1.165) is 41.5 Å². The van der Waals surface area contributed by atoms with Gasteiger partial charge in [-0.05, 0) is 48.6 Å². The van der Waals surface area contributed by atoms with Crippen molar-refractivity contribution in [2.24, 2.45) is 0 Å². The lowest BCUT2D eigenvalue weighted by Gasteiger charge is -2.15. The zero-order valence-corrected chi connectivity index (χ0v) is 17.2. The maximum atomic E-state index is 11.8. The normalized spacial score (nSPS) is 12.8. The second-order valence-corrected chi connectivity index (χ2v) is 9.94. The van der Waals surface area contributed by atoms with Crippen molar-refractivity contribution in [2.75, 3.05) is 30.1 Å². The van der Waals surface area contributed by atoms with E-state index in [9.17, 15) is 8.42 Å². The van der Waals surface area contributed by atoms with Crippen LogP contribution in [0.4, 0.5) is 0 Å². The molecule has 0 saturated carbocycles. The van der Waals surface area contributed by atoms with Crippen molar-refractivity contribution >= 4 is 33.6 Å². The van der Waals surface area contributed by atoms with E-state index < -0.39 is 10.1 Å². The lowest BCUT2D eigenvalue weighted by Crippen LogP contribution is -2.22. The van der Waals surface area contributed by atoms with E-state index in [1.807, 2.05) is 36.4 Å². The molecule has 1 unspecified atom stereocenters. The molecule has 5 nitrogen and oxygen atoms in total. The maximum absolute atomic E-state index is 11.8. The summed E-state index contributed by atoms with van der Waals surface area (Å²) in [5.74, 6) is 2.55. The van der Waals surface area contributed by atoms with Gasteiger partial charge in [-0.15, -0.1) is 0 Å². The van der Waals surface area contributed by atoms with Crippen molar-refractivity contribution in [1.29, 1.82) is 0 Å². The molecular formula is C18H24N2O3S3. The van der Waals surface area contributed by atoms with Crippen molar-refractivity contribution < 1.29 is 12.6 Å². The highest BCUT2D eigenvalue weighted by atomic mass is 32.2. The topological polar surface area (TPSA) is 69.2 Å². The monoisotopic (exact) mass is 412 g/mol. The number of hydrogen-bond donors (Lipinski definition) is 0. The van der Waals surface area contributed by atoms with Gasteiger partial charge in [0.1, 0.15) is 0 Å². The largest absolute Gasteiger partial charge is 0.273 e. The summed E-state index contributed by atoms with van der Waals surface area (Å²) in [5, 5.41) is -0.00241. The van der Waals surface area contributed by atoms with Crippen LogP contribution in [0.5, 0.6) is 0 Å². The summed E-state index contributed by atoms with van der Waals surface area (Å²) in [6.45, 7) is 0. The molecule has 26 heavy (non-hydrogen) atoms. The average Bonchev–Trinajstić information content (AvgIpc) is 2.66. The lowest BCUT2D eigenvalue weighted by molar-refractivity contribution is 0.398. The summed E-state index contributed by atoms with van der Waals surface area (Å²) < 4.78 is 28.3. The van der Waals surface area contributed by atoms with Crippen LogP contribution < -0.4 is 0 Å². The Bertz CT molecular complexity index is 728. The smallest absolute Gasteiger partial charge is 0.268 e. The Labute approximate surface area is 164 Å². The Kier molecular flexibility index (Phi) is 9.45. The first-order chi connectivity index (χ1) is 12.6. The number of rotatable bonds is 12. The van der Waals surface area contributed by atoms with Crippen LogP contribution in [0.25, 0.3) is 0 Å². The number of aryl methyl sites for hydroxylation is 2. The first-order valence-electron chi connectivity index (χ1n) is 8.36. The minimum absolute atomic E-state index is 0.00241. The van der Waals surface area contributed by atoms with Crippen molar-refractivity contribution in [3.05, 3.63) is 60.2 Å². The van der Waals surface area contributed by atoms with Crippen LogP contribution in [0, 0.1) is 0 Å². The minimum Gasteiger partial charge on any atom is -0.273 e. The molecule has 0 aliphatic heterocycles. The predicted molar refractivity (Wildman–Crippen MR) is 110 cm³/mol. The number of aromatic nitrogens is 2. The molecular weight excluding hydrogens is 388 g/mol. The Morgan fingerprint density at radius 1 is 1.00 bits per heavy atom. The van der Waals surface area contributed by atoms with Gasteiger partial charge in [0.25, 0.3) is 10.1 Å². The first kappa shape index (κ1) is 21.2. The molecule has 2 aromatic heterocycles. The molecule has 0 aliphatic rings. The summed E-state index contributed by atoms with van der Waals surface area (Å²) >= 11 is 3.43. The molecule has 8 heteroatoms. The fourth-order valence-electron chi connectivity index (χ4n) is 2.25. The van der Waals surface area contributed by atoms with Crippen LogP contribution in [0.2, 0.25) is 0 Å². The van der Waals surface area contributed by atoms with Crippen molar-refractivity contribution in [3.8, 4) is 0 Å². The summed E-state index contributed by atoms with van der Waals surface area (Å²) in [6.07, 6.45) is 5.28. The number of thioether (sulfide) groups is 2. The van der Waals surface area contributed by atoms with E-state index in [1.54, 1.807) is 35.9 Å². The van der Waals surface area contributed by atoms with Gasteiger partial charge in [-0.3, -0.25) is 14.2 Å². The molecule has 2 heterocycles. The zero-order valence-electron chi connectivity index (χ0n) is 14.8. The van der Waals surface area contributed by atoms with Gasteiger partial charge in [-0.1, -0.05) is 12.1 Å². The van der Waals surface area contributed by atoms with Gasteiger partial charge in [0, 0.05) is 34.8 Å². The summed E-state index contributed by atoms with van der Waals surface area (Å²) in [5.41, 5.74) is 2.08. The van der Waals surface area contributed by atoms with Gasteiger partial charge in [-0.2, -0.15) is 31.9 Å². The third-order valence-electron chi connectivity index (χ3n) is 3.61. The van der Waals surface area contributed by atoms with Gasteiger partial charge >= 0.3 is 0 Å². The molecule has 1 atom stereocenters. The maximum Gasteiger partial charge on any atom is 0.268 e. The van der Waals surface area contributed by atoms with E-state index in [1.165, 1.54) is 7.11 Å².